The number of hydrogen-bond donors (Lipinski definition) is 1. The standard InChI is InChI=1S/C7H15ClO4/c1-6(8)12-7(9)5-11-4-3-10-2/h6-7,9H,3-5H2,1-2H3. The number of halogens is 1. The molecule has 0 spiro atoms. The van der Waals surface area contributed by atoms with Gasteiger partial charge in [0.1, 0.15) is 5.56 Å². The van der Waals surface area contributed by atoms with Gasteiger partial charge in [0.15, 0.2) is 6.29 Å². The van der Waals surface area contributed by atoms with E-state index in [0.717, 1.165) is 0 Å². The van der Waals surface area contributed by atoms with E-state index in [2.05, 4.69) is 0 Å². The summed E-state index contributed by atoms with van der Waals surface area (Å²) < 4.78 is 14.5. The number of alkyl halides is 1. The van der Waals surface area contributed by atoms with Crippen molar-refractivity contribution in [2.75, 3.05) is 26.9 Å². The van der Waals surface area contributed by atoms with Gasteiger partial charge in [-0.3, -0.25) is 0 Å². The van der Waals surface area contributed by atoms with Gasteiger partial charge in [0, 0.05) is 7.11 Å². The fraction of sp³-hybridized carbons (Fsp3) is 1.00. The maximum absolute atomic E-state index is 9.05. The number of methoxy groups -OCH3 is 1. The molecule has 0 amide bonds. The molecule has 0 radical (unpaired) electrons. The van der Waals surface area contributed by atoms with E-state index in [0.29, 0.717) is 13.2 Å². The van der Waals surface area contributed by atoms with Crippen molar-refractivity contribution in [3.05, 3.63) is 0 Å². The molecule has 0 saturated heterocycles. The Balaban J connectivity index is 3.14. The van der Waals surface area contributed by atoms with Crippen molar-refractivity contribution in [3.8, 4) is 0 Å². The number of rotatable bonds is 7. The van der Waals surface area contributed by atoms with Crippen LogP contribution in [0.5, 0.6) is 0 Å². The minimum Gasteiger partial charge on any atom is -0.382 e. The van der Waals surface area contributed by atoms with Crippen LogP contribution >= 0.6 is 11.6 Å². The molecule has 2 atom stereocenters. The van der Waals surface area contributed by atoms with Crippen LogP contribution in [0.3, 0.4) is 0 Å². The predicted octanol–water partition coefficient (Wildman–Crippen LogP) is 0.569. The quantitative estimate of drug-likeness (QED) is 0.369. The Labute approximate surface area is 77.4 Å². The summed E-state index contributed by atoms with van der Waals surface area (Å²) in [6, 6.07) is 0. The van der Waals surface area contributed by atoms with Crippen molar-refractivity contribution >= 4 is 11.6 Å². The van der Waals surface area contributed by atoms with Crippen molar-refractivity contribution in [1.82, 2.24) is 0 Å². The van der Waals surface area contributed by atoms with Crippen LogP contribution in [0.15, 0.2) is 0 Å². The molecule has 0 aliphatic rings. The zero-order valence-electron chi connectivity index (χ0n) is 7.33. The van der Waals surface area contributed by atoms with Crippen molar-refractivity contribution in [2.24, 2.45) is 0 Å². The summed E-state index contributed by atoms with van der Waals surface area (Å²) in [5, 5.41) is 9.05. The zero-order valence-corrected chi connectivity index (χ0v) is 8.08. The molecule has 0 heterocycles. The van der Waals surface area contributed by atoms with Gasteiger partial charge in [0.05, 0.1) is 19.8 Å². The highest BCUT2D eigenvalue weighted by Crippen LogP contribution is 1.99. The van der Waals surface area contributed by atoms with Crippen LogP contribution in [-0.2, 0) is 14.2 Å². The third kappa shape index (κ3) is 8.23. The first-order chi connectivity index (χ1) is 5.66. The molecule has 0 fully saturated rings. The number of aliphatic hydroxyl groups excluding tert-OH is 1. The lowest BCUT2D eigenvalue weighted by atomic mass is 10.6. The molecular formula is C7H15ClO4. The van der Waals surface area contributed by atoms with E-state index in [1.165, 1.54) is 0 Å². The summed E-state index contributed by atoms with van der Waals surface area (Å²) >= 11 is 5.45. The van der Waals surface area contributed by atoms with E-state index in [1.807, 2.05) is 0 Å². The van der Waals surface area contributed by atoms with E-state index in [9.17, 15) is 0 Å². The predicted molar refractivity (Wildman–Crippen MR) is 45.1 cm³/mol. The normalized spacial score (nSPS) is 16.0. The summed E-state index contributed by atoms with van der Waals surface area (Å²) in [5.41, 5.74) is -0.508. The Kier molecular flexibility index (Phi) is 7.85. The molecule has 4 nitrogen and oxygen atoms in total. The summed E-state index contributed by atoms with van der Waals surface area (Å²) in [6.07, 6.45) is -0.964. The van der Waals surface area contributed by atoms with Gasteiger partial charge in [0.25, 0.3) is 0 Å². The maximum Gasteiger partial charge on any atom is 0.180 e. The maximum atomic E-state index is 9.05. The van der Waals surface area contributed by atoms with Crippen molar-refractivity contribution in [1.29, 1.82) is 0 Å². The molecule has 0 aliphatic carbocycles. The molecule has 0 aromatic carbocycles. The third-order valence-corrected chi connectivity index (χ3v) is 1.14. The van der Waals surface area contributed by atoms with E-state index in [1.54, 1.807) is 14.0 Å². The molecule has 0 bridgehead atoms. The molecule has 2 unspecified atom stereocenters. The van der Waals surface area contributed by atoms with Gasteiger partial charge in [-0.25, -0.2) is 0 Å². The second kappa shape index (κ2) is 7.76. The number of hydrogen-bond acceptors (Lipinski definition) is 4. The Morgan fingerprint density at radius 2 is 2.08 bits per heavy atom. The Morgan fingerprint density at radius 3 is 2.58 bits per heavy atom. The van der Waals surface area contributed by atoms with Crippen molar-refractivity contribution in [2.45, 2.75) is 18.8 Å². The molecule has 74 valence electrons. The van der Waals surface area contributed by atoms with Gasteiger partial charge in [-0.1, -0.05) is 11.6 Å². The van der Waals surface area contributed by atoms with Crippen LogP contribution in [0.1, 0.15) is 6.92 Å². The van der Waals surface area contributed by atoms with Crippen LogP contribution in [0.4, 0.5) is 0 Å². The second-order valence-electron chi connectivity index (χ2n) is 2.20. The lowest BCUT2D eigenvalue weighted by Gasteiger charge is -2.13. The first-order valence-corrected chi connectivity index (χ1v) is 4.14. The Bertz CT molecular complexity index is 99.4. The largest absolute Gasteiger partial charge is 0.382 e. The van der Waals surface area contributed by atoms with Gasteiger partial charge in [-0.05, 0) is 6.92 Å². The number of aliphatic hydroxyl groups is 1. The molecule has 0 aromatic rings. The molecule has 0 aliphatic heterocycles. The summed E-state index contributed by atoms with van der Waals surface area (Å²) in [5.74, 6) is 0. The van der Waals surface area contributed by atoms with Gasteiger partial charge in [-0.2, -0.15) is 0 Å². The van der Waals surface area contributed by atoms with Gasteiger partial charge >= 0.3 is 0 Å². The van der Waals surface area contributed by atoms with E-state index in [4.69, 9.17) is 30.9 Å². The fourth-order valence-corrected chi connectivity index (χ4v) is 0.701. The topological polar surface area (TPSA) is 47.9 Å². The lowest BCUT2D eigenvalue weighted by molar-refractivity contribution is -0.146. The molecule has 1 N–H and O–H groups in total. The molecule has 0 rings (SSSR count). The summed E-state index contributed by atoms with van der Waals surface area (Å²) in [4.78, 5) is 0. The Hall–Kier alpha value is 0.130. The third-order valence-electron chi connectivity index (χ3n) is 1.04. The number of ether oxygens (including phenoxy) is 3. The minimum atomic E-state index is -0.964. The minimum absolute atomic E-state index is 0.112. The molecule has 12 heavy (non-hydrogen) atoms. The highest BCUT2D eigenvalue weighted by Gasteiger charge is 2.06. The highest BCUT2D eigenvalue weighted by atomic mass is 35.5. The average molecular weight is 199 g/mol. The molecule has 0 saturated carbocycles. The lowest BCUT2D eigenvalue weighted by Crippen LogP contribution is -2.22. The first-order valence-electron chi connectivity index (χ1n) is 3.71. The fourth-order valence-electron chi connectivity index (χ4n) is 0.582. The molecule has 0 aromatic heterocycles. The smallest absolute Gasteiger partial charge is 0.180 e. The van der Waals surface area contributed by atoms with E-state index in [-0.39, 0.29) is 6.61 Å². The summed E-state index contributed by atoms with van der Waals surface area (Å²) in [7, 11) is 1.58. The molecule has 5 heteroatoms. The van der Waals surface area contributed by atoms with E-state index >= 15 is 0 Å². The van der Waals surface area contributed by atoms with E-state index < -0.39 is 11.9 Å². The van der Waals surface area contributed by atoms with Crippen LogP contribution in [0.2, 0.25) is 0 Å². The molecular weight excluding hydrogens is 184 g/mol. The monoisotopic (exact) mass is 198 g/mol. The first kappa shape index (κ1) is 12.1. The van der Waals surface area contributed by atoms with Crippen LogP contribution in [0, 0.1) is 0 Å². The van der Waals surface area contributed by atoms with Crippen molar-refractivity contribution in [3.63, 3.8) is 0 Å². The van der Waals surface area contributed by atoms with Crippen LogP contribution in [-0.4, -0.2) is 43.9 Å². The SMILES string of the molecule is COCCOCC(O)OC(C)Cl. The van der Waals surface area contributed by atoms with Crippen LogP contribution in [0.25, 0.3) is 0 Å². The van der Waals surface area contributed by atoms with Crippen molar-refractivity contribution < 1.29 is 19.3 Å². The Morgan fingerprint density at radius 1 is 1.42 bits per heavy atom. The highest BCUT2D eigenvalue weighted by molar-refractivity contribution is 6.19. The summed E-state index contributed by atoms with van der Waals surface area (Å²) in [6.45, 7) is 2.68. The van der Waals surface area contributed by atoms with Gasteiger partial charge in [0.2, 0.25) is 0 Å². The zero-order chi connectivity index (χ0) is 9.40. The van der Waals surface area contributed by atoms with Gasteiger partial charge in [-0.15, -0.1) is 0 Å². The van der Waals surface area contributed by atoms with Crippen LogP contribution < -0.4 is 0 Å². The van der Waals surface area contributed by atoms with Gasteiger partial charge < -0.3 is 19.3 Å². The average Bonchev–Trinajstić information content (AvgIpc) is 1.97. The second-order valence-corrected chi connectivity index (χ2v) is 2.82.